The number of halogens is 1. The normalized spacial score (nSPS) is 15.5. The van der Waals surface area contributed by atoms with Crippen molar-refractivity contribution in [2.45, 2.75) is 53.4 Å². The zero-order valence-electron chi connectivity index (χ0n) is 16.7. The van der Waals surface area contributed by atoms with E-state index in [-0.39, 0.29) is 19.6 Å². The molecule has 0 aliphatic rings. The predicted molar refractivity (Wildman–Crippen MR) is 113 cm³/mol. The van der Waals surface area contributed by atoms with Crippen LogP contribution in [0.15, 0.2) is 34.4 Å². The van der Waals surface area contributed by atoms with Gasteiger partial charge in [0.25, 0.3) is 0 Å². The van der Waals surface area contributed by atoms with Crippen LogP contribution < -0.4 is 0 Å². The third kappa shape index (κ3) is 16.5. The second-order valence-electron chi connectivity index (χ2n) is 6.60. The van der Waals surface area contributed by atoms with Gasteiger partial charge in [0.1, 0.15) is 12.3 Å². The van der Waals surface area contributed by atoms with Gasteiger partial charge in [-0.25, -0.2) is 0 Å². The van der Waals surface area contributed by atoms with Gasteiger partial charge >= 0.3 is 7.60 Å². The van der Waals surface area contributed by atoms with Crippen molar-refractivity contribution >= 4 is 26.6 Å². The van der Waals surface area contributed by atoms with Crippen molar-refractivity contribution in [3.8, 4) is 0 Å². The van der Waals surface area contributed by atoms with Crippen LogP contribution in [0.3, 0.4) is 0 Å². The number of hydrogen-bond acceptors (Lipinski definition) is 4. The van der Waals surface area contributed by atoms with E-state index in [1.54, 1.807) is 13.0 Å². The Hall–Kier alpha value is -0.190. The van der Waals surface area contributed by atoms with E-state index < -0.39 is 20.9 Å². The molecule has 0 spiro atoms. The van der Waals surface area contributed by atoms with Crippen molar-refractivity contribution in [3.63, 3.8) is 0 Å². The van der Waals surface area contributed by atoms with E-state index in [4.69, 9.17) is 30.6 Å². The molecule has 0 bridgehead atoms. The first-order valence-electron chi connectivity index (χ1n) is 8.96. The van der Waals surface area contributed by atoms with Crippen LogP contribution in [0.25, 0.3) is 0 Å². The molecule has 0 aromatic heterocycles. The fraction of sp³-hybridized carbons (Fsp3) is 0.667. The Balaban J connectivity index is 4.29. The molecule has 0 fully saturated rings. The highest BCUT2D eigenvalue weighted by molar-refractivity contribution is 7.73. The summed E-state index contributed by atoms with van der Waals surface area (Å²) in [4.78, 5) is 18.0. The molecule has 0 rings (SSSR count). The van der Waals surface area contributed by atoms with Crippen LogP contribution in [-0.4, -0.2) is 35.3 Å². The maximum Gasteiger partial charge on any atom is 0.335 e. The van der Waals surface area contributed by atoms with Gasteiger partial charge < -0.3 is 19.0 Å². The lowest BCUT2D eigenvalue weighted by atomic mass is 10.1. The van der Waals surface area contributed by atoms with Crippen LogP contribution in [0.5, 0.6) is 0 Å². The first kappa shape index (κ1) is 26.8. The molecular weight excluding hydrogens is 410 g/mol. The van der Waals surface area contributed by atoms with Gasteiger partial charge in [0, 0.05) is 5.03 Å². The first-order valence-corrected chi connectivity index (χ1v) is 13.1. The zero-order valence-corrected chi connectivity index (χ0v) is 19.2. The minimum Gasteiger partial charge on any atom is -0.367 e. The minimum absolute atomic E-state index is 0.0938. The third-order valence-corrected chi connectivity index (χ3v) is 8.29. The van der Waals surface area contributed by atoms with Crippen LogP contribution in [-0.2, 0) is 18.4 Å². The summed E-state index contributed by atoms with van der Waals surface area (Å²) in [5.74, 6) is -0.817. The molecule has 0 aromatic carbocycles. The average Bonchev–Trinajstić information content (AvgIpc) is 2.49. The summed E-state index contributed by atoms with van der Waals surface area (Å²) in [6.07, 6.45) is 9.27. The van der Waals surface area contributed by atoms with Gasteiger partial charge in [-0.3, -0.25) is 9.13 Å². The standard InChI is InChI=1S/C18H33ClO6P2/c1-5-25-26(20,15-27(21,22)23)14-24-13-12-18(19)11-7-10-17(4)9-6-8-16(2)3/h8,10,12H,5-7,9,11,13-15H2,1-4H3,(H2,21,22,23)/b17-10+,18-12+. The lowest BCUT2D eigenvalue weighted by molar-refractivity contribution is 0.190. The Kier molecular flexibility index (Phi) is 13.8. The van der Waals surface area contributed by atoms with E-state index in [1.807, 2.05) is 0 Å². The SMILES string of the molecule is CCOP(=O)(COC/C=C(/Cl)CC/C=C(\C)CCC=C(C)C)CP(=O)(O)O. The van der Waals surface area contributed by atoms with E-state index in [2.05, 4.69) is 32.9 Å². The van der Waals surface area contributed by atoms with Crippen molar-refractivity contribution in [2.24, 2.45) is 0 Å². The Bertz CT molecular complexity index is 617. The molecule has 0 aliphatic carbocycles. The van der Waals surface area contributed by atoms with Crippen molar-refractivity contribution in [1.29, 1.82) is 0 Å². The second kappa shape index (κ2) is 13.9. The Morgan fingerprint density at radius 1 is 1.04 bits per heavy atom. The molecule has 9 heteroatoms. The monoisotopic (exact) mass is 442 g/mol. The minimum atomic E-state index is -4.44. The molecule has 158 valence electrons. The number of hydrogen-bond donors (Lipinski definition) is 2. The molecular formula is C18H33ClO6P2. The van der Waals surface area contributed by atoms with Gasteiger partial charge in [0.05, 0.1) is 13.2 Å². The fourth-order valence-electron chi connectivity index (χ4n) is 2.23. The molecule has 2 N–H and O–H groups in total. The smallest absolute Gasteiger partial charge is 0.335 e. The van der Waals surface area contributed by atoms with Crippen LogP contribution in [0.1, 0.15) is 53.4 Å². The Morgan fingerprint density at radius 3 is 2.22 bits per heavy atom. The van der Waals surface area contributed by atoms with Crippen LogP contribution in [0, 0.1) is 0 Å². The fourth-order valence-corrected chi connectivity index (χ4v) is 6.22. The van der Waals surface area contributed by atoms with Crippen molar-refractivity contribution in [1.82, 2.24) is 0 Å². The Morgan fingerprint density at radius 2 is 1.67 bits per heavy atom. The van der Waals surface area contributed by atoms with E-state index in [1.165, 1.54) is 11.1 Å². The lowest BCUT2D eigenvalue weighted by Crippen LogP contribution is -2.04. The largest absolute Gasteiger partial charge is 0.367 e. The van der Waals surface area contributed by atoms with E-state index in [9.17, 15) is 9.13 Å². The maximum absolute atomic E-state index is 12.3. The van der Waals surface area contributed by atoms with E-state index in [0.717, 1.165) is 19.3 Å². The van der Waals surface area contributed by atoms with Crippen molar-refractivity contribution in [3.05, 3.63) is 34.4 Å². The topological polar surface area (TPSA) is 93.1 Å². The summed E-state index contributed by atoms with van der Waals surface area (Å²) in [5, 5.41) is 0.629. The highest BCUT2D eigenvalue weighted by Crippen LogP contribution is 2.58. The van der Waals surface area contributed by atoms with E-state index >= 15 is 0 Å². The number of allylic oxidation sites excluding steroid dienone is 5. The highest BCUT2D eigenvalue weighted by atomic mass is 35.5. The van der Waals surface area contributed by atoms with Gasteiger partial charge in [-0.1, -0.05) is 34.9 Å². The highest BCUT2D eigenvalue weighted by Gasteiger charge is 2.32. The van der Waals surface area contributed by atoms with Crippen LogP contribution in [0.4, 0.5) is 0 Å². The predicted octanol–water partition coefficient (Wildman–Crippen LogP) is 6.01. The molecule has 0 heterocycles. The molecule has 1 unspecified atom stereocenters. The molecule has 27 heavy (non-hydrogen) atoms. The summed E-state index contributed by atoms with van der Waals surface area (Å²) in [6.45, 7) is 8.09. The third-order valence-electron chi connectivity index (χ3n) is 3.44. The summed E-state index contributed by atoms with van der Waals surface area (Å²) < 4.78 is 33.7. The number of rotatable bonds is 14. The van der Waals surface area contributed by atoms with Gasteiger partial charge in [0.15, 0.2) is 0 Å². The molecule has 0 saturated heterocycles. The lowest BCUT2D eigenvalue weighted by Gasteiger charge is -2.18. The molecule has 0 amide bonds. The molecule has 1 atom stereocenters. The number of ether oxygens (including phenoxy) is 1. The van der Waals surface area contributed by atoms with E-state index in [0.29, 0.717) is 11.5 Å². The van der Waals surface area contributed by atoms with Crippen molar-refractivity contribution in [2.75, 3.05) is 25.5 Å². The molecule has 0 saturated carbocycles. The van der Waals surface area contributed by atoms with Gasteiger partial charge in [-0.05, 0) is 59.5 Å². The van der Waals surface area contributed by atoms with Crippen molar-refractivity contribution < 1.29 is 28.2 Å². The van der Waals surface area contributed by atoms with Gasteiger partial charge in [0.2, 0.25) is 7.37 Å². The second-order valence-corrected chi connectivity index (χ2v) is 11.7. The maximum atomic E-state index is 12.3. The zero-order chi connectivity index (χ0) is 20.9. The first-order chi connectivity index (χ1) is 12.5. The quantitative estimate of drug-likeness (QED) is 0.194. The van der Waals surface area contributed by atoms with Crippen LogP contribution in [0.2, 0.25) is 0 Å². The summed E-state index contributed by atoms with van der Waals surface area (Å²) in [6, 6.07) is 0. The molecule has 0 aromatic rings. The average molecular weight is 443 g/mol. The Labute approximate surface area is 168 Å². The summed E-state index contributed by atoms with van der Waals surface area (Å²) in [7, 11) is -7.97. The molecule has 0 aliphatic heterocycles. The van der Waals surface area contributed by atoms with Gasteiger partial charge in [-0.2, -0.15) is 0 Å². The van der Waals surface area contributed by atoms with Gasteiger partial charge in [-0.15, -0.1) is 0 Å². The summed E-state index contributed by atoms with van der Waals surface area (Å²) >= 11 is 6.15. The molecule has 0 radical (unpaired) electrons. The van der Waals surface area contributed by atoms with Crippen LogP contribution >= 0.6 is 26.6 Å². The molecule has 6 nitrogen and oxygen atoms in total. The summed E-state index contributed by atoms with van der Waals surface area (Å²) in [5.41, 5.74) is 2.65.